The molecule has 0 atom stereocenters. The van der Waals surface area contributed by atoms with E-state index in [9.17, 15) is 5.11 Å². The highest BCUT2D eigenvalue weighted by atomic mass is 16.7. The van der Waals surface area contributed by atoms with E-state index in [-0.39, 0.29) is 19.0 Å². The number of aliphatic hydroxyl groups excluding tert-OH is 1. The first-order valence-electron chi connectivity index (χ1n) is 41.6. The highest BCUT2D eigenvalue weighted by molar-refractivity contribution is 5.87. The molecule has 1 aliphatic heterocycles. The zero-order valence-electron chi connectivity index (χ0n) is 72.8. The highest BCUT2D eigenvalue weighted by Gasteiger charge is 2.28. The van der Waals surface area contributed by atoms with E-state index in [1.54, 1.807) is 91.5 Å². The van der Waals surface area contributed by atoms with Gasteiger partial charge in [-0.25, -0.2) is 19.9 Å². The summed E-state index contributed by atoms with van der Waals surface area (Å²) in [5, 5.41) is 30.4. The number of methoxy groups -OCH3 is 5. The number of ether oxygens (including phenoxy) is 8. The van der Waals surface area contributed by atoms with Gasteiger partial charge in [-0.2, -0.15) is 20.4 Å². The Morgan fingerprint density at radius 3 is 1.13 bits per heavy atom. The summed E-state index contributed by atoms with van der Waals surface area (Å²) in [5.74, 6) is 5.96. The molecule has 0 spiro atoms. The molecule has 17 aromatic rings. The number of aryl methyl sites for hydroxylation is 5. The number of hydrogen-bond acceptors (Lipinski definition) is 27. The number of hydrogen-bond donors (Lipinski definition) is 1. The highest BCUT2D eigenvalue weighted by Crippen LogP contribution is 2.41. The van der Waals surface area contributed by atoms with Crippen molar-refractivity contribution < 1.29 is 47.5 Å². The van der Waals surface area contributed by atoms with Crippen molar-refractivity contribution >= 4 is 89.6 Å². The average molecular weight is 1710 g/mol. The first-order valence-corrected chi connectivity index (χ1v) is 41.6. The maximum atomic E-state index is 9.44. The summed E-state index contributed by atoms with van der Waals surface area (Å²) in [4.78, 5) is 46.5. The van der Waals surface area contributed by atoms with Gasteiger partial charge in [-0.15, -0.1) is 0 Å². The van der Waals surface area contributed by atoms with E-state index in [1.807, 2.05) is 200 Å². The molecule has 1 saturated carbocycles. The fraction of sp³-hybridized carbons (Fsp3) is 0.260. The Morgan fingerprint density at radius 1 is 0.394 bits per heavy atom. The first kappa shape index (κ1) is 85.6. The minimum atomic E-state index is -0.342. The molecule has 2 aliphatic rings. The molecular weight excluding hydrogens is 1610 g/mol. The largest absolute Gasteiger partial charge is 0.497 e. The van der Waals surface area contributed by atoms with Gasteiger partial charge in [0.1, 0.15) is 34.5 Å². The third-order valence-corrected chi connectivity index (χ3v) is 21.2. The average Bonchev–Trinajstić information content (AvgIpc) is 1.76. The Morgan fingerprint density at radius 2 is 0.756 bits per heavy atom. The number of nitrogens with zero attached hydrogens (tertiary/aromatic N) is 21. The lowest BCUT2D eigenvalue weighted by atomic mass is 10.2. The van der Waals surface area contributed by atoms with E-state index in [2.05, 4.69) is 115 Å². The molecule has 31 nitrogen and oxygen atoms in total. The van der Waals surface area contributed by atoms with E-state index in [0.29, 0.717) is 62.3 Å². The molecule has 127 heavy (non-hydrogen) atoms. The monoisotopic (exact) mass is 1710 g/mol. The van der Waals surface area contributed by atoms with Crippen LogP contribution in [-0.2, 0) is 44.2 Å². The molecule has 1 saturated heterocycles. The Kier molecular flexibility index (Phi) is 26.5. The molecule has 10 heterocycles. The zero-order chi connectivity index (χ0) is 88.0. The summed E-state index contributed by atoms with van der Waals surface area (Å²) in [6.07, 6.45) is 25.0. The molecule has 1 N–H and O–H groups in total. The molecule has 2 fully saturated rings. The Balaban J connectivity index is 0.000000125. The van der Waals surface area contributed by atoms with Crippen molar-refractivity contribution in [2.24, 2.45) is 34.1 Å². The van der Waals surface area contributed by atoms with Crippen molar-refractivity contribution in [3.8, 4) is 79.5 Å². The summed E-state index contributed by atoms with van der Waals surface area (Å²) in [7, 11) is 15.7. The quantitative estimate of drug-likeness (QED) is 0.0476. The summed E-state index contributed by atoms with van der Waals surface area (Å²) in [6.45, 7) is 9.89. The molecule has 9 aromatic heterocycles. The van der Waals surface area contributed by atoms with Crippen molar-refractivity contribution in [1.29, 1.82) is 0 Å². The molecule has 0 amide bonds. The van der Waals surface area contributed by atoms with Crippen LogP contribution in [0.5, 0.6) is 34.5 Å². The molecule has 8 aromatic carbocycles. The van der Waals surface area contributed by atoms with E-state index in [0.717, 1.165) is 170 Å². The Labute approximate surface area is 734 Å². The van der Waals surface area contributed by atoms with Crippen LogP contribution in [0.2, 0.25) is 0 Å². The van der Waals surface area contributed by atoms with Crippen LogP contribution in [0.3, 0.4) is 0 Å². The lowest BCUT2D eigenvalue weighted by Gasteiger charge is -2.28. The van der Waals surface area contributed by atoms with Gasteiger partial charge in [0.2, 0.25) is 0 Å². The van der Waals surface area contributed by atoms with Crippen molar-refractivity contribution in [2.75, 3.05) is 94.6 Å². The number of aliphatic hydroxyl groups is 1. The van der Waals surface area contributed by atoms with Crippen LogP contribution in [0.25, 0.3) is 89.2 Å². The second-order valence-electron chi connectivity index (χ2n) is 30.9. The van der Waals surface area contributed by atoms with E-state index in [4.69, 9.17) is 62.4 Å². The third-order valence-electron chi connectivity index (χ3n) is 21.2. The predicted octanol–water partition coefficient (Wildman–Crippen LogP) is 17.2. The number of fused-ring (bicyclic) bond motifs is 4. The molecule has 0 radical (unpaired) electrons. The van der Waals surface area contributed by atoms with Gasteiger partial charge in [-0.1, -0.05) is 17.3 Å². The lowest BCUT2D eigenvalue weighted by molar-refractivity contribution is -0.0329. The predicted molar refractivity (Wildman–Crippen MR) is 489 cm³/mol. The smallest absolute Gasteiger partial charge is 0.175 e. The van der Waals surface area contributed by atoms with Crippen LogP contribution in [0, 0.1) is 12.8 Å². The van der Waals surface area contributed by atoms with E-state index < -0.39 is 0 Å². The Hall–Kier alpha value is -15.0. The van der Waals surface area contributed by atoms with Crippen LogP contribution < -0.4 is 48.0 Å². The summed E-state index contributed by atoms with van der Waals surface area (Å²) in [6, 6.07) is 54.0. The van der Waals surface area contributed by atoms with Crippen molar-refractivity contribution in [2.45, 2.75) is 59.0 Å². The van der Waals surface area contributed by atoms with Gasteiger partial charge < -0.3 is 67.1 Å². The number of benzene rings is 8. The summed E-state index contributed by atoms with van der Waals surface area (Å²) in [5.41, 5.74) is 22.1. The molecule has 0 unspecified atom stereocenters. The van der Waals surface area contributed by atoms with Crippen molar-refractivity contribution in [3.05, 3.63) is 250 Å². The second kappa shape index (κ2) is 39.3. The van der Waals surface area contributed by atoms with Crippen LogP contribution in [0.4, 0.5) is 45.5 Å². The maximum Gasteiger partial charge on any atom is 0.175 e. The van der Waals surface area contributed by atoms with Gasteiger partial charge in [0.05, 0.1) is 190 Å². The number of rotatable bonds is 28. The molecule has 1 aliphatic carbocycles. The van der Waals surface area contributed by atoms with Crippen LogP contribution >= 0.6 is 0 Å². The molecular formula is C96H99N21O10. The summed E-state index contributed by atoms with van der Waals surface area (Å²) < 4.78 is 57.2. The molecule has 31 heteroatoms. The van der Waals surface area contributed by atoms with E-state index >= 15 is 0 Å². The van der Waals surface area contributed by atoms with E-state index in [1.165, 1.54) is 12.8 Å². The minimum absolute atomic E-state index is 0.0934. The summed E-state index contributed by atoms with van der Waals surface area (Å²) >= 11 is 0. The molecule has 648 valence electrons. The number of anilines is 8. The van der Waals surface area contributed by atoms with Gasteiger partial charge in [-0.05, 0) is 143 Å². The molecule has 19 rings (SSSR count). The van der Waals surface area contributed by atoms with Gasteiger partial charge in [0.25, 0.3) is 0 Å². The molecule has 0 bridgehead atoms. The van der Waals surface area contributed by atoms with Gasteiger partial charge in [-0.3, -0.25) is 38.7 Å². The van der Waals surface area contributed by atoms with Gasteiger partial charge in [0.15, 0.2) is 12.1 Å². The van der Waals surface area contributed by atoms with Crippen LogP contribution in [0.1, 0.15) is 44.6 Å². The van der Waals surface area contributed by atoms with Crippen LogP contribution in [0.15, 0.2) is 243 Å². The normalized spacial score (nSPS) is 12.5. The Bertz CT molecular complexity index is 6590. The first-order chi connectivity index (χ1) is 61.9. The van der Waals surface area contributed by atoms with Gasteiger partial charge in [0, 0.05) is 195 Å². The fourth-order valence-electron chi connectivity index (χ4n) is 14.7. The number of aromatic nitrogens is 17. The third kappa shape index (κ3) is 21.1. The van der Waals surface area contributed by atoms with Gasteiger partial charge >= 0.3 is 0 Å². The topological polar surface area (TPSA) is 307 Å². The second-order valence-corrected chi connectivity index (χ2v) is 30.9. The van der Waals surface area contributed by atoms with Crippen LogP contribution in [-0.4, -0.2) is 177 Å². The lowest BCUT2D eigenvalue weighted by Crippen LogP contribution is -2.29. The minimum Gasteiger partial charge on any atom is -0.497 e. The standard InChI is InChI=1S/C25H27N5O.C24H22N6O2.C24H25N5O4.C23H25N5O3/c1-17(2)31-22-6-4-5-20(11-22)30(15-18-7-8-18)21-9-10-23-24(12-21)28-25(14-26-23)19-13-27-29(3)16-19;1-16-9-21(32-28-16)15-30(18-5-4-6-20(10-18)31-3)19-7-8-22-23(11-19)27-24(13-25-22)17-12-26-29(2)14-17;1-28-14-16(12-26-28)23-13-25-21-5-4-17(10-22(21)27-23)29(15-24-32-6-7-33-24)18-8-19(30-2)11-20(9-18)31-3;1-27-15-16(13-25-27)23-14-24-21-6-5-17(11-22(21)26-23)28(7-4-8-29)18-9-19(30-2)12-20(10-18)31-3/h4-6,9-14,16-18H,7-8,15H2,1-3H3;4-14H,15H2,1-3H3;4-5,8-14,24H,6-7,15H2,1-3H3;5-6,9-15,29H,4,7-8H2,1-3H3. The maximum absolute atomic E-state index is 9.44. The fourth-order valence-corrected chi connectivity index (χ4v) is 14.7. The zero-order valence-corrected chi connectivity index (χ0v) is 72.8. The van der Waals surface area contributed by atoms with Crippen molar-refractivity contribution in [1.82, 2.24) is 84.2 Å². The van der Waals surface area contributed by atoms with Crippen molar-refractivity contribution in [3.63, 3.8) is 0 Å². The SMILES string of the molecule is CC(C)Oc1cccc(N(CC2CC2)c2ccc3ncc(-c4cnn(C)c4)nc3c2)c1.COc1cc(OC)cc(N(CC2OCCO2)c2ccc3ncc(-c4cnn(C)c4)nc3c2)c1.COc1cc(OC)cc(N(CCCO)c2ccc3ncc(-c4cnn(C)c4)nc3c2)c1.COc1cccc(N(Cc2cc(C)no2)c2ccc3ncc(-c4cnn(C)c4)nc3c2)c1.